The van der Waals surface area contributed by atoms with E-state index in [0.717, 1.165) is 44.6 Å². The molecule has 5 nitrogen and oxygen atoms in total. The van der Waals surface area contributed by atoms with Gasteiger partial charge in [0.05, 0.1) is 5.69 Å². The van der Waals surface area contributed by atoms with Crippen LogP contribution in [0.4, 0.5) is 0 Å². The van der Waals surface area contributed by atoms with Crippen molar-refractivity contribution in [3.63, 3.8) is 0 Å². The molecule has 1 aromatic rings. The summed E-state index contributed by atoms with van der Waals surface area (Å²) in [6.45, 7) is 11.1. The van der Waals surface area contributed by atoms with E-state index in [0.29, 0.717) is 10.9 Å². The van der Waals surface area contributed by atoms with Gasteiger partial charge in [0, 0.05) is 24.5 Å². The van der Waals surface area contributed by atoms with Crippen molar-refractivity contribution in [2.24, 2.45) is 0 Å². The predicted molar refractivity (Wildman–Crippen MR) is 85.8 cm³/mol. The van der Waals surface area contributed by atoms with E-state index in [1.165, 1.54) is 11.5 Å². The Kier molecular flexibility index (Phi) is 5.32. The minimum absolute atomic E-state index is 0.102. The maximum atomic E-state index is 13.0. The van der Waals surface area contributed by atoms with Crippen molar-refractivity contribution in [1.29, 1.82) is 0 Å². The van der Waals surface area contributed by atoms with Gasteiger partial charge in [-0.3, -0.25) is 4.79 Å². The highest BCUT2D eigenvalue weighted by Gasteiger charge is 2.32. The Bertz CT molecular complexity index is 474. The van der Waals surface area contributed by atoms with Gasteiger partial charge in [0.25, 0.3) is 5.91 Å². The Labute approximate surface area is 131 Å². The van der Waals surface area contributed by atoms with Crippen LogP contribution in [0.2, 0.25) is 0 Å². The molecule has 2 rings (SSSR count). The van der Waals surface area contributed by atoms with Gasteiger partial charge in [-0.25, -0.2) is 0 Å². The number of aromatic nitrogens is 2. The van der Waals surface area contributed by atoms with E-state index in [4.69, 9.17) is 0 Å². The molecule has 1 saturated heterocycles. The molecular weight excluding hydrogens is 284 g/mol. The second kappa shape index (κ2) is 6.83. The molecule has 2 heterocycles. The molecule has 1 atom stereocenters. The number of amides is 1. The second-order valence-electron chi connectivity index (χ2n) is 6.70. The average molecular weight is 310 g/mol. The van der Waals surface area contributed by atoms with Crippen molar-refractivity contribution in [3.8, 4) is 0 Å². The van der Waals surface area contributed by atoms with Crippen LogP contribution in [0.15, 0.2) is 0 Å². The van der Waals surface area contributed by atoms with Gasteiger partial charge < -0.3 is 10.2 Å². The van der Waals surface area contributed by atoms with E-state index < -0.39 is 0 Å². The Morgan fingerprint density at radius 3 is 2.81 bits per heavy atom. The predicted octanol–water partition coefficient (Wildman–Crippen LogP) is 2.44. The highest BCUT2D eigenvalue weighted by atomic mass is 32.1. The molecule has 21 heavy (non-hydrogen) atoms. The molecule has 0 saturated carbocycles. The van der Waals surface area contributed by atoms with E-state index in [1.54, 1.807) is 0 Å². The maximum absolute atomic E-state index is 13.0. The summed E-state index contributed by atoms with van der Waals surface area (Å²) in [6, 6.07) is 0.293. The highest BCUT2D eigenvalue weighted by molar-refractivity contribution is 7.08. The number of nitrogens with zero attached hydrogens (tertiary/aromatic N) is 3. The van der Waals surface area contributed by atoms with Crippen LogP contribution < -0.4 is 5.32 Å². The van der Waals surface area contributed by atoms with Crippen LogP contribution in [0.25, 0.3) is 0 Å². The Balaban J connectivity index is 2.24. The highest BCUT2D eigenvalue weighted by Crippen LogP contribution is 2.28. The Hall–Kier alpha value is -1.01. The minimum atomic E-state index is -0.152. The molecule has 1 amide bonds. The molecule has 1 aromatic heterocycles. The number of carbonyl (C=O) groups is 1. The zero-order chi connectivity index (χ0) is 15.5. The quantitative estimate of drug-likeness (QED) is 0.928. The lowest BCUT2D eigenvalue weighted by Gasteiger charge is -2.34. The summed E-state index contributed by atoms with van der Waals surface area (Å²) in [7, 11) is 0. The summed E-state index contributed by atoms with van der Waals surface area (Å²) >= 11 is 1.23. The standard InChI is InChI=1S/C15H26N4OS/c1-5-9-19(11-7-6-8-16-10-11)14(20)12-13(15(2,3)4)17-18-21-12/h11,16H,5-10H2,1-4H3. The Morgan fingerprint density at radius 2 is 2.24 bits per heavy atom. The molecule has 0 aromatic carbocycles. The van der Waals surface area contributed by atoms with Crippen molar-refractivity contribution >= 4 is 17.4 Å². The van der Waals surface area contributed by atoms with Gasteiger partial charge in [-0.05, 0) is 37.3 Å². The third-order valence-electron chi connectivity index (χ3n) is 3.83. The molecule has 0 spiro atoms. The zero-order valence-electron chi connectivity index (χ0n) is 13.5. The second-order valence-corrected chi connectivity index (χ2v) is 7.45. The lowest BCUT2D eigenvalue weighted by Crippen LogP contribution is -2.49. The molecule has 0 aliphatic carbocycles. The van der Waals surface area contributed by atoms with Crippen LogP contribution in [-0.4, -0.2) is 46.1 Å². The molecule has 0 radical (unpaired) electrons. The smallest absolute Gasteiger partial charge is 0.267 e. The number of rotatable bonds is 4. The van der Waals surface area contributed by atoms with E-state index in [-0.39, 0.29) is 11.3 Å². The van der Waals surface area contributed by atoms with Crippen LogP contribution in [0, 0.1) is 0 Å². The Morgan fingerprint density at radius 1 is 1.48 bits per heavy atom. The van der Waals surface area contributed by atoms with E-state index in [2.05, 4.69) is 42.6 Å². The minimum Gasteiger partial charge on any atom is -0.334 e. The lowest BCUT2D eigenvalue weighted by molar-refractivity contribution is 0.0651. The van der Waals surface area contributed by atoms with Gasteiger partial charge in [-0.15, -0.1) is 5.10 Å². The van der Waals surface area contributed by atoms with Crippen LogP contribution in [0.1, 0.15) is 62.3 Å². The van der Waals surface area contributed by atoms with Crippen molar-refractivity contribution in [3.05, 3.63) is 10.6 Å². The normalized spacial score (nSPS) is 19.5. The molecule has 1 N–H and O–H groups in total. The SMILES string of the molecule is CCCN(C(=O)c1snnc1C(C)(C)C)C1CCCNC1. The number of hydrogen-bond acceptors (Lipinski definition) is 5. The number of nitrogens with one attached hydrogen (secondary N) is 1. The molecule has 118 valence electrons. The molecule has 6 heteroatoms. The fourth-order valence-corrected chi connectivity index (χ4v) is 3.58. The number of carbonyl (C=O) groups excluding carboxylic acids is 1. The first-order chi connectivity index (χ1) is 9.95. The lowest BCUT2D eigenvalue weighted by atomic mass is 9.91. The summed E-state index contributed by atoms with van der Waals surface area (Å²) in [5.74, 6) is 0.102. The third kappa shape index (κ3) is 3.80. The largest absolute Gasteiger partial charge is 0.334 e. The van der Waals surface area contributed by atoms with Gasteiger partial charge in [-0.2, -0.15) is 0 Å². The van der Waals surface area contributed by atoms with Crippen molar-refractivity contribution in [1.82, 2.24) is 19.8 Å². The van der Waals surface area contributed by atoms with Crippen molar-refractivity contribution in [2.75, 3.05) is 19.6 Å². The first-order valence-corrected chi connectivity index (χ1v) is 8.57. The molecule has 1 aliphatic rings. The van der Waals surface area contributed by atoms with Gasteiger partial charge in [0.15, 0.2) is 0 Å². The van der Waals surface area contributed by atoms with E-state index >= 15 is 0 Å². The van der Waals surface area contributed by atoms with Gasteiger partial charge in [0.2, 0.25) is 0 Å². The number of hydrogen-bond donors (Lipinski definition) is 1. The fraction of sp³-hybridized carbons (Fsp3) is 0.800. The van der Waals surface area contributed by atoms with Gasteiger partial charge >= 0.3 is 0 Å². The molecule has 1 unspecified atom stereocenters. The summed E-state index contributed by atoms with van der Waals surface area (Å²) in [4.78, 5) is 15.7. The third-order valence-corrected chi connectivity index (χ3v) is 4.54. The van der Waals surface area contributed by atoms with E-state index in [9.17, 15) is 4.79 Å². The zero-order valence-corrected chi connectivity index (χ0v) is 14.3. The number of piperidine rings is 1. The average Bonchev–Trinajstić information content (AvgIpc) is 2.94. The fourth-order valence-electron chi connectivity index (χ4n) is 2.74. The summed E-state index contributed by atoms with van der Waals surface area (Å²) in [6.07, 6.45) is 3.18. The molecular formula is C15H26N4OS. The molecule has 0 bridgehead atoms. The van der Waals surface area contributed by atoms with Crippen molar-refractivity contribution in [2.45, 2.75) is 58.4 Å². The monoisotopic (exact) mass is 310 g/mol. The van der Waals surface area contributed by atoms with Crippen LogP contribution in [0.5, 0.6) is 0 Å². The first kappa shape index (κ1) is 16.4. The summed E-state index contributed by atoms with van der Waals surface area (Å²) < 4.78 is 4.03. The van der Waals surface area contributed by atoms with Crippen LogP contribution >= 0.6 is 11.5 Å². The van der Waals surface area contributed by atoms with Crippen molar-refractivity contribution < 1.29 is 4.79 Å². The topological polar surface area (TPSA) is 58.1 Å². The molecule has 1 aliphatic heterocycles. The van der Waals surface area contributed by atoms with E-state index in [1.807, 2.05) is 4.90 Å². The first-order valence-electron chi connectivity index (χ1n) is 7.79. The summed E-state index contributed by atoms with van der Waals surface area (Å²) in [5.41, 5.74) is 0.670. The van der Waals surface area contributed by atoms with Crippen LogP contribution in [0.3, 0.4) is 0 Å². The van der Waals surface area contributed by atoms with Crippen LogP contribution in [-0.2, 0) is 5.41 Å². The maximum Gasteiger partial charge on any atom is 0.267 e. The molecule has 1 fully saturated rings. The van der Waals surface area contributed by atoms with Gasteiger partial charge in [-0.1, -0.05) is 32.2 Å². The summed E-state index contributed by atoms with van der Waals surface area (Å²) in [5, 5.41) is 7.60. The van der Waals surface area contributed by atoms with Gasteiger partial charge in [0.1, 0.15) is 4.88 Å².